The van der Waals surface area contributed by atoms with E-state index >= 15 is 0 Å². The summed E-state index contributed by atoms with van der Waals surface area (Å²) in [5.74, 6) is 0. The standard InChI is InChI=1S/C54H37NO/c1-4-12-38(13-5-1)40-20-22-42(23-21-40)43-28-32-48(33-29-43)55(47-16-8-3-9-17-47)49-34-30-44(31-35-49)46-36-51(54-52(37-46)50-18-10-11-19-53(50)56-54)45-26-24-41(25-27-45)39-14-6-2-7-15-39/h1-37H. The topological polar surface area (TPSA) is 16.4 Å². The first-order valence-corrected chi connectivity index (χ1v) is 19.1. The van der Waals surface area contributed by atoms with E-state index in [-0.39, 0.29) is 0 Å². The van der Waals surface area contributed by atoms with Crippen LogP contribution in [0.1, 0.15) is 0 Å². The minimum Gasteiger partial charge on any atom is -0.455 e. The summed E-state index contributed by atoms with van der Waals surface area (Å²) in [5, 5.41) is 2.24. The van der Waals surface area contributed by atoms with Crippen LogP contribution < -0.4 is 4.90 Å². The van der Waals surface area contributed by atoms with Crippen LogP contribution >= 0.6 is 0 Å². The molecule has 10 aromatic rings. The van der Waals surface area contributed by atoms with E-state index in [2.05, 4.69) is 223 Å². The fraction of sp³-hybridized carbons (Fsp3) is 0. The van der Waals surface area contributed by atoms with Crippen molar-refractivity contribution in [3.63, 3.8) is 0 Å². The summed E-state index contributed by atoms with van der Waals surface area (Å²) in [6.07, 6.45) is 0. The summed E-state index contributed by atoms with van der Waals surface area (Å²) in [5.41, 5.74) is 16.8. The molecule has 0 aliphatic heterocycles. The summed E-state index contributed by atoms with van der Waals surface area (Å²) in [6, 6.07) is 79.9. The zero-order valence-corrected chi connectivity index (χ0v) is 30.7. The Morgan fingerprint density at radius 3 is 1.16 bits per heavy atom. The predicted molar refractivity (Wildman–Crippen MR) is 236 cm³/mol. The summed E-state index contributed by atoms with van der Waals surface area (Å²) in [4.78, 5) is 2.32. The van der Waals surface area contributed by atoms with Crippen LogP contribution in [0.3, 0.4) is 0 Å². The van der Waals surface area contributed by atoms with Gasteiger partial charge in [-0.25, -0.2) is 0 Å². The Morgan fingerprint density at radius 1 is 0.268 bits per heavy atom. The maximum Gasteiger partial charge on any atom is 0.143 e. The zero-order chi connectivity index (χ0) is 37.3. The molecule has 0 amide bonds. The van der Waals surface area contributed by atoms with Gasteiger partial charge in [0, 0.05) is 33.4 Å². The lowest BCUT2D eigenvalue weighted by Crippen LogP contribution is -2.09. The van der Waals surface area contributed by atoms with Crippen molar-refractivity contribution in [3.05, 3.63) is 224 Å². The SMILES string of the molecule is c1ccc(-c2ccc(-c3ccc(N(c4ccccc4)c4ccc(-c5cc(-c6ccc(-c7ccccc7)cc6)c6oc7ccccc7c6c5)cc4)cc3)cc2)cc1. The second kappa shape index (κ2) is 14.4. The molecule has 56 heavy (non-hydrogen) atoms. The molecule has 264 valence electrons. The molecule has 0 radical (unpaired) electrons. The van der Waals surface area contributed by atoms with E-state index in [0.29, 0.717) is 0 Å². The molecular formula is C54H37NO. The number of rotatable bonds is 8. The van der Waals surface area contributed by atoms with Crippen molar-refractivity contribution in [2.24, 2.45) is 0 Å². The van der Waals surface area contributed by atoms with Gasteiger partial charge in [0.1, 0.15) is 11.2 Å². The lowest BCUT2D eigenvalue weighted by molar-refractivity contribution is 0.670. The van der Waals surface area contributed by atoms with Crippen LogP contribution in [0.2, 0.25) is 0 Å². The first-order valence-electron chi connectivity index (χ1n) is 19.1. The molecule has 2 nitrogen and oxygen atoms in total. The number of nitrogens with zero attached hydrogens (tertiary/aromatic N) is 1. The molecule has 2 heteroatoms. The van der Waals surface area contributed by atoms with Gasteiger partial charge in [0.25, 0.3) is 0 Å². The third-order valence-corrected chi connectivity index (χ3v) is 10.7. The van der Waals surface area contributed by atoms with Crippen molar-refractivity contribution in [1.29, 1.82) is 0 Å². The molecule has 10 rings (SSSR count). The monoisotopic (exact) mass is 715 g/mol. The van der Waals surface area contributed by atoms with Crippen LogP contribution in [-0.4, -0.2) is 0 Å². The fourth-order valence-corrected chi connectivity index (χ4v) is 7.80. The highest BCUT2D eigenvalue weighted by atomic mass is 16.3. The van der Waals surface area contributed by atoms with Gasteiger partial charge in [0.05, 0.1) is 0 Å². The van der Waals surface area contributed by atoms with Gasteiger partial charge in [-0.3, -0.25) is 0 Å². The van der Waals surface area contributed by atoms with Crippen LogP contribution in [-0.2, 0) is 0 Å². The Kier molecular flexibility index (Phi) is 8.55. The molecule has 0 saturated heterocycles. The molecule has 0 N–H and O–H groups in total. The molecule has 0 bridgehead atoms. The highest BCUT2D eigenvalue weighted by molar-refractivity contribution is 6.11. The van der Waals surface area contributed by atoms with Crippen molar-refractivity contribution < 1.29 is 4.42 Å². The van der Waals surface area contributed by atoms with Gasteiger partial charge >= 0.3 is 0 Å². The highest BCUT2D eigenvalue weighted by Crippen LogP contribution is 2.41. The first-order chi connectivity index (χ1) is 27.7. The molecule has 1 aromatic heterocycles. The molecule has 0 spiro atoms. The smallest absolute Gasteiger partial charge is 0.143 e. The van der Waals surface area contributed by atoms with Crippen LogP contribution in [0.25, 0.3) is 77.6 Å². The molecule has 0 aliphatic rings. The number of fused-ring (bicyclic) bond motifs is 3. The van der Waals surface area contributed by atoms with Crippen molar-refractivity contribution in [2.75, 3.05) is 4.90 Å². The van der Waals surface area contributed by atoms with Crippen LogP contribution in [0, 0.1) is 0 Å². The Balaban J connectivity index is 1.00. The van der Waals surface area contributed by atoms with Crippen molar-refractivity contribution in [1.82, 2.24) is 0 Å². The molecule has 0 fully saturated rings. The lowest BCUT2D eigenvalue weighted by atomic mass is 9.94. The van der Waals surface area contributed by atoms with E-state index in [1.54, 1.807) is 0 Å². The average molecular weight is 716 g/mol. The third kappa shape index (κ3) is 6.34. The van der Waals surface area contributed by atoms with Gasteiger partial charge in [-0.2, -0.15) is 0 Å². The zero-order valence-electron chi connectivity index (χ0n) is 30.7. The van der Waals surface area contributed by atoms with Gasteiger partial charge in [-0.15, -0.1) is 0 Å². The second-order valence-corrected chi connectivity index (χ2v) is 14.2. The van der Waals surface area contributed by atoms with E-state index in [4.69, 9.17) is 4.42 Å². The van der Waals surface area contributed by atoms with Crippen molar-refractivity contribution >= 4 is 39.0 Å². The Morgan fingerprint density at radius 2 is 0.643 bits per heavy atom. The summed E-state index contributed by atoms with van der Waals surface area (Å²) in [7, 11) is 0. The van der Waals surface area contributed by atoms with Crippen molar-refractivity contribution in [3.8, 4) is 55.6 Å². The largest absolute Gasteiger partial charge is 0.455 e. The normalized spacial score (nSPS) is 11.2. The Labute approximate surface area is 327 Å². The first kappa shape index (κ1) is 33.2. The van der Waals surface area contributed by atoms with Gasteiger partial charge in [0.15, 0.2) is 0 Å². The van der Waals surface area contributed by atoms with Crippen LogP contribution in [0.15, 0.2) is 229 Å². The maximum atomic E-state index is 6.55. The number of para-hydroxylation sites is 2. The summed E-state index contributed by atoms with van der Waals surface area (Å²) < 4.78 is 6.55. The molecule has 0 atom stereocenters. The van der Waals surface area contributed by atoms with Gasteiger partial charge in [0.2, 0.25) is 0 Å². The minimum absolute atomic E-state index is 0.894. The van der Waals surface area contributed by atoms with E-state index in [0.717, 1.165) is 61.3 Å². The van der Waals surface area contributed by atoms with E-state index in [1.165, 1.54) is 33.4 Å². The Bertz CT molecular complexity index is 2900. The third-order valence-electron chi connectivity index (χ3n) is 10.7. The number of hydrogen-bond acceptors (Lipinski definition) is 2. The summed E-state index contributed by atoms with van der Waals surface area (Å²) in [6.45, 7) is 0. The highest BCUT2D eigenvalue weighted by Gasteiger charge is 2.17. The van der Waals surface area contributed by atoms with Gasteiger partial charge in [-0.05, 0) is 105 Å². The number of anilines is 3. The Hall–Kier alpha value is -7.42. The van der Waals surface area contributed by atoms with Crippen molar-refractivity contribution in [2.45, 2.75) is 0 Å². The van der Waals surface area contributed by atoms with E-state index < -0.39 is 0 Å². The molecule has 1 heterocycles. The van der Waals surface area contributed by atoms with Crippen LogP contribution in [0.5, 0.6) is 0 Å². The van der Waals surface area contributed by atoms with E-state index in [9.17, 15) is 0 Å². The molecule has 0 aliphatic carbocycles. The molecule has 0 saturated carbocycles. The van der Waals surface area contributed by atoms with E-state index in [1.807, 2.05) is 6.07 Å². The lowest BCUT2D eigenvalue weighted by Gasteiger charge is -2.26. The van der Waals surface area contributed by atoms with Crippen LogP contribution in [0.4, 0.5) is 17.1 Å². The fourth-order valence-electron chi connectivity index (χ4n) is 7.80. The molecular weight excluding hydrogens is 679 g/mol. The van der Waals surface area contributed by atoms with Gasteiger partial charge < -0.3 is 9.32 Å². The molecule has 0 unspecified atom stereocenters. The summed E-state index contributed by atoms with van der Waals surface area (Å²) >= 11 is 0. The second-order valence-electron chi connectivity index (χ2n) is 14.2. The minimum atomic E-state index is 0.894. The average Bonchev–Trinajstić information content (AvgIpc) is 3.67. The number of hydrogen-bond donors (Lipinski definition) is 0. The maximum absolute atomic E-state index is 6.55. The quantitative estimate of drug-likeness (QED) is 0.156. The number of benzene rings is 9. The molecule has 9 aromatic carbocycles. The predicted octanol–water partition coefficient (Wildman–Crippen LogP) is 15.4. The van der Waals surface area contributed by atoms with Gasteiger partial charge in [-0.1, -0.05) is 170 Å². The number of furan rings is 1.